The zero-order valence-electron chi connectivity index (χ0n) is 8.20. The summed E-state index contributed by atoms with van der Waals surface area (Å²) in [6, 6.07) is -0.171. The van der Waals surface area contributed by atoms with Gasteiger partial charge in [0.05, 0.1) is 0 Å². The summed E-state index contributed by atoms with van der Waals surface area (Å²) < 4.78 is 0. The third-order valence-electron chi connectivity index (χ3n) is 2.69. The number of likely N-dealkylation sites (tertiary alicyclic amines) is 1. The first kappa shape index (κ1) is 10.3. The van der Waals surface area contributed by atoms with Gasteiger partial charge in [0, 0.05) is 18.6 Å². The van der Waals surface area contributed by atoms with Gasteiger partial charge in [0.2, 0.25) is 0 Å². The third kappa shape index (κ3) is 2.59. The first-order valence-electron chi connectivity index (χ1n) is 4.94. The van der Waals surface area contributed by atoms with Crippen LogP contribution in [0.1, 0.15) is 32.6 Å². The van der Waals surface area contributed by atoms with E-state index in [4.69, 9.17) is 11.5 Å². The highest BCUT2D eigenvalue weighted by Gasteiger charge is 2.26. The van der Waals surface area contributed by atoms with Crippen LogP contribution in [-0.2, 0) is 0 Å². The van der Waals surface area contributed by atoms with Crippen molar-refractivity contribution in [1.82, 2.24) is 4.90 Å². The second-order valence-electron chi connectivity index (χ2n) is 3.81. The first-order valence-corrected chi connectivity index (χ1v) is 4.94. The highest BCUT2D eigenvalue weighted by Crippen LogP contribution is 2.18. The molecule has 1 rings (SSSR count). The van der Waals surface area contributed by atoms with Gasteiger partial charge < -0.3 is 16.4 Å². The number of nitrogens with zero attached hydrogens (tertiary/aromatic N) is 1. The van der Waals surface area contributed by atoms with Crippen LogP contribution in [0.3, 0.4) is 0 Å². The van der Waals surface area contributed by atoms with E-state index in [0.717, 1.165) is 25.8 Å². The standard InChI is InChI=1S/C9H19N3O/c1-7(10)8-5-3-2-4-6-12(8)9(11)13/h7-8H,2-6,10H2,1H3,(H2,11,13). The lowest BCUT2D eigenvalue weighted by Gasteiger charge is -2.31. The third-order valence-corrected chi connectivity index (χ3v) is 2.69. The topological polar surface area (TPSA) is 72.3 Å². The van der Waals surface area contributed by atoms with Gasteiger partial charge >= 0.3 is 6.03 Å². The molecule has 0 radical (unpaired) electrons. The van der Waals surface area contributed by atoms with Crippen LogP contribution in [0.4, 0.5) is 4.79 Å². The predicted octanol–water partition coefficient (Wildman–Crippen LogP) is 0.657. The van der Waals surface area contributed by atoms with E-state index in [2.05, 4.69) is 0 Å². The minimum Gasteiger partial charge on any atom is -0.351 e. The van der Waals surface area contributed by atoms with Gasteiger partial charge in [-0.05, 0) is 19.8 Å². The number of hydrogen-bond donors (Lipinski definition) is 2. The zero-order chi connectivity index (χ0) is 9.84. The molecule has 0 saturated carbocycles. The quantitative estimate of drug-likeness (QED) is 0.629. The average Bonchev–Trinajstić information content (AvgIpc) is 2.27. The molecule has 13 heavy (non-hydrogen) atoms. The summed E-state index contributed by atoms with van der Waals surface area (Å²) in [5.41, 5.74) is 11.1. The van der Waals surface area contributed by atoms with E-state index in [1.165, 1.54) is 6.42 Å². The Balaban J connectivity index is 2.66. The van der Waals surface area contributed by atoms with Crippen LogP contribution in [0.25, 0.3) is 0 Å². The van der Waals surface area contributed by atoms with Gasteiger partial charge in [-0.15, -0.1) is 0 Å². The molecule has 2 atom stereocenters. The smallest absolute Gasteiger partial charge is 0.315 e. The van der Waals surface area contributed by atoms with Gasteiger partial charge in [-0.1, -0.05) is 12.8 Å². The van der Waals surface area contributed by atoms with Crippen molar-refractivity contribution < 1.29 is 4.79 Å². The summed E-state index contributed by atoms with van der Waals surface area (Å²) in [5, 5.41) is 0. The monoisotopic (exact) mass is 185 g/mol. The molecule has 4 nitrogen and oxygen atoms in total. The van der Waals surface area contributed by atoms with E-state index in [0.29, 0.717) is 0 Å². The van der Waals surface area contributed by atoms with Crippen LogP contribution >= 0.6 is 0 Å². The Labute approximate surface area is 79.3 Å². The van der Waals surface area contributed by atoms with Crippen LogP contribution in [0.5, 0.6) is 0 Å². The second-order valence-corrected chi connectivity index (χ2v) is 3.81. The van der Waals surface area contributed by atoms with Gasteiger partial charge in [0.1, 0.15) is 0 Å². The Bertz CT molecular complexity index is 182. The van der Waals surface area contributed by atoms with Crippen LogP contribution in [0.2, 0.25) is 0 Å². The molecular weight excluding hydrogens is 166 g/mol. The molecule has 4 N–H and O–H groups in total. The Hall–Kier alpha value is -0.770. The molecule has 0 aromatic carbocycles. The molecule has 0 bridgehead atoms. The first-order chi connectivity index (χ1) is 6.13. The molecule has 1 fully saturated rings. The molecule has 1 aliphatic rings. The molecule has 2 amide bonds. The Morgan fingerprint density at radius 2 is 2.15 bits per heavy atom. The van der Waals surface area contributed by atoms with Gasteiger partial charge in [0.25, 0.3) is 0 Å². The predicted molar refractivity (Wildman–Crippen MR) is 52.2 cm³/mol. The lowest BCUT2D eigenvalue weighted by atomic mass is 10.0. The van der Waals surface area contributed by atoms with Crippen molar-refractivity contribution in [2.45, 2.75) is 44.7 Å². The molecule has 1 saturated heterocycles. The van der Waals surface area contributed by atoms with Gasteiger partial charge in [-0.2, -0.15) is 0 Å². The van der Waals surface area contributed by atoms with Crippen molar-refractivity contribution in [2.75, 3.05) is 6.54 Å². The molecule has 0 aromatic heterocycles. The highest BCUT2D eigenvalue weighted by atomic mass is 16.2. The highest BCUT2D eigenvalue weighted by molar-refractivity contribution is 5.72. The molecular formula is C9H19N3O. The van der Waals surface area contributed by atoms with E-state index < -0.39 is 0 Å². The number of carbonyl (C=O) groups excluding carboxylic acids is 1. The summed E-state index contributed by atoms with van der Waals surface area (Å²) in [5.74, 6) is 0. The van der Waals surface area contributed by atoms with Crippen LogP contribution in [-0.4, -0.2) is 29.6 Å². The Morgan fingerprint density at radius 3 is 2.69 bits per heavy atom. The summed E-state index contributed by atoms with van der Waals surface area (Å²) in [6.45, 7) is 2.70. The van der Waals surface area contributed by atoms with Gasteiger partial charge in [-0.25, -0.2) is 4.79 Å². The molecule has 2 unspecified atom stereocenters. The van der Waals surface area contributed by atoms with E-state index in [9.17, 15) is 4.79 Å². The number of primary amides is 1. The van der Waals surface area contributed by atoms with Crippen molar-refractivity contribution in [2.24, 2.45) is 11.5 Å². The number of urea groups is 1. The van der Waals surface area contributed by atoms with E-state index in [1.807, 2.05) is 6.92 Å². The maximum Gasteiger partial charge on any atom is 0.315 e. The largest absolute Gasteiger partial charge is 0.351 e. The Morgan fingerprint density at radius 1 is 1.46 bits per heavy atom. The van der Waals surface area contributed by atoms with Crippen LogP contribution in [0.15, 0.2) is 0 Å². The fourth-order valence-corrected chi connectivity index (χ4v) is 1.95. The van der Waals surface area contributed by atoms with E-state index in [-0.39, 0.29) is 18.1 Å². The van der Waals surface area contributed by atoms with Gasteiger partial charge in [0.15, 0.2) is 0 Å². The minimum absolute atomic E-state index is 0.0191. The average molecular weight is 185 g/mol. The fourth-order valence-electron chi connectivity index (χ4n) is 1.95. The van der Waals surface area contributed by atoms with Crippen molar-refractivity contribution in [3.63, 3.8) is 0 Å². The number of rotatable bonds is 1. The molecule has 0 aliphatic carbocycles. The zero-order valence-corrected chi connectivity index (χ0v) is 8.20. The maximum absolute atomic E-state index is 11.1. The van der Waals surface area contributed by atoms with Crippen molar-refractivity contribution in [3.05, 3.63) is 0 Å². The number of amides is 2. The number of hydrogen-bond acceptors (Lipinski definition) is 2. The van der Waals surface area contributed by atoms with Crippen LogP contribution < -0.4 is 11.5 Å². The fraction of sp³-hybridized carbons (Fsp3) is 0.889. The molecule has 76 valence electrons. The molecule has 1 aliphatic heterocycles. The lowest BCUT2D eigenvalue weighted by molar-refractivity contribution is 0.176. The summed E-state index contributed by atoms with van der Waals surface area (Å²) in [6.07, 6.45) is 4.36. The summed E-state index contributed by atoms with van der Waals surface area (Å²) in [4.78, 5) is 12.8. The molecule has 0 aromatic rings. The maximum atomic E-state index is 11.1. The molecule has 4 heteroatoms. The minimum atomic E-state index is -0.329. The van der Waals surface area contributed by atoms with E-state index >= 15 is 0 Å². The lowest BCUT2D eigenvalue weighted by Crippen LogP contribution is -2.50. The van der Waals surface area contributed by atoms with Crippen molar-refractivity contribution in [1.29, 1.82) is 0 Å². The van der Waals surface area contributed by atoms with Crippen molar-refractivity contribution in [3.8, 4) is 0 Å². The Kier molecular flexibility index (Phi) is 3.54. The molecule has 1 heterocycles. The number of carbonyl (C=O) groups is 1. The number of nitrogens with two attached hydrogens (primary N) is 2. The van der Waals surface area contributed by atoms with E-state index in [1.54, 1.807) is 4.90 Å². The summed E-state index contributed by atoms with van der Waals surface area (Å²) in [7, 11) is 0. The van der Waals surface area contributed by atoms with Crippen LogP contribution in [0, 0.1) is 0 Å². The molecule has 0 spiro atoms. The van der Waals surface area contributed by atoms with Crippen molar-refractivity contribution >= 4 is 6.03 Å². The normalized spacial score (nSPS) is 26.6. The summed E-state index contributed by atoms with van der Waals surface area (Å²) >= 11 is 0. The second kappa shape index (κ2) is 4.46. The van der Waals surface area contributed by atoms with Gasteiger partial charge in [-0.3, -0.25) is 0 Å². The SMILES string of the molecule is CC(N)C1CCCCCN1C(N)=O.